The summed E-state index contributed by atoms with van der Waals surface area (Å²) >= 11 is 1.69. The fraction of sp³-hybridized carbons (Fsp3) is 0.400. The molecule has 2 aromatic rings. The van der Waals surface area contributed by atoms with Gasteiger partial charge in [0.05, 0.1) is 5.69 Å². The van der Waals surface area contributed by atoms with E-state index >= 15 is 0 Å². The van der Waals surface area contributed by atoms with Gasteiger partial charge in [0.2, 0.25) is 0 Å². The van der Waals surface area contributed by atoms with Crippen LogP contribution in [0.25, 0.3) is 0 Å². The number of hydrogen-bond donors (Lipinski definition) is 1. The van der Waals surface area contributed by atoms with Crippen LogP contribution in [0.5, 0.6) is 5.75 Å². The summed E-state index contributed by atoms with van der Waals surface area (Å²) in [6.45, 7) is 8.66. The van der Waals surface area contributed by atoms with Crippen LogP contribution in [0.1, 0.15) is 39.7 Å². The zero-order valence-corrected chi connectivity index (χ0v) is 12.7. The van der Waals surface area contributed by atoms with Crippen molar-refractivity contribution in [2.24, 2.45) is 5.73 Å². The van der Waals surface area contributed by atoms with Crippen molar-refractivity contribution in [3.05, 3.63) is 44.9 Å². The molecule has 0 aliphatic rings. The second-order valence-electron chi connectivity index (χ2n) is 4.85. The van der Waals surface area contributed by atoms with Crippen LogP contribution in [-0.4, -0.2) is 4.98 Å². The minimum atomic E-state index is 0.0528. The van der Waals surface area contributed by atoms with E-state index in [2.05, 4.69) is 18.0 Å². The van der Waals surface area contributed by atoms with E-state index in [9.17, 15) is 0 Å². The van der Waals surface area contributed by atoms with Crippen LogP contribution >= 0.6 is 11.3 Å². The van der Waals surface area contributed by atoms with Crippen molar-refractivity contribution in [1.29, 1.82) is 0 Å². The highest BCUT2D eigenvalue weighted by atomic mass is 32.1. The van der Waals surface area contributed by atoms with Gasteiger partial charge in [0.15, 0.2) is 0 Å². The summed E-state index contributed by atoms with van der Waals surface area (Å²) in [6, 6.07) is 6.14. The molecule has 2 N–H and O–H groups in total. The highest BCUT2D eigenvalue weighted by Crippen LogP contribution is 2.24. The lowest BCUT2D eigenvalue weighted by Gasteiger charge is -2.11. The van der Waals surface area contributed by atoms with Crippen molar-refractivity contribution >= 4 is 11.3 Å². The SMILES string of the molecule is Cc1cc([C@H](C)N)ccc1OCc1nc(C)c(C)s1. The van der Waals surface area contributed by atoms with Crippen LogP contribution in [0.15, 0.2) is 18.2 Å². The van der Waals surface area contributed by atoms with Gasteiger partial charge in [-0.15, -0.1) is 11.3 Å². The maximum atomic E-state index is 5.87. The first kappa shape index (κ1) is 14.0. The van der Waals surface area contributed by atoms with E-state index in [1.165, 1.54) is 4.88 Å². The largest absolute Gasteiger partial charge is 0.486 e. The fourth-order valence-electron chi connectivity index (χ4n) is 1.86. The molecule has 0 amide bonds. The summed E-state index contributed by atoms with van der Waals surface area (Å²) in [7, 11) is 0. The maximum absolute atomic E-state index is 5.87. The summed E-state index contributed by atoms with van der Waals surface area (Å²) in [5.74, 6) is 0.898. The second-order valence-corrected chi connectivity index (χ2v) is 6.14. The molecule has 0 saturated carbocycles. The minimum absolute atomic E-state index is 0.0528. The molecule has 0 radical (unpaired) electrons. The number of aromatic nitrogens is 1. The number of nitrogens with two attached hydrogens (primary N) is 1. The van der Waals surface area contributed by atoms with Gasteiger partial charge in [-0.05, 0) is 44.9 Å². The van der Waals surface area contributed by atoms with E-state index in [0.29, 0.717) is 6.61 Å². The van der Waals surface area contributed by atoms with Crippen molar-refractivity contribution < 1.29 is 4.74 Å². The lowest BCUT2D eigenvalue weighted by atomic mass is 10.1. The van der Waals surface area contributed by atoms with E-state index in [4.69, 9.17) is 10.5 Å². The molecule has 0 fully saturated rings. The third-order valence-electron chi connectivity index (χ3n) is 3.15. The molecule has 4 heteroatoms. The molecule has 0 spiro atoms. The second kappa shape index (κ2) is 5.72. The van der Waals surface area contributed by atoms with Gasteiger partial charge in [0.25, 0.3) is 0 Å². The average molecular weight is 276 g/mol. The van der Waals surface area contributed by atoms with Gasteiger partial charge < -0.3 is 10.5 Å². The van der Waals surface area contributed by atoms with Crippen LogP contribution in [0.3, 0.4) is 0 Å². The number of nitrogens with zero attached hydrogens (tertiary/aromatic N) is 1. The molecule has 0 unspecified atom stereocenters. The summed E-state index contributed by atoms with van der Waals surface area (Å²) < 4.78 is 5.83. The van der Waals surface area contributed by atoms with Gasteiger partial charge in [-0.2, -0.15) is 0 Å². The molecule has 0 aliphatic carbocycles. The van der Waals surface area contributed by atoms with E-state index in [0.717, 1.165) is 27.6 Å². The lowest BCUT2D eigenvalue weighted by molar-refractivity contribution is 0.303. The highest BCUT2D eigenvalue weighted by molar-refractivity contribution is 7.11. The zero-order chi connectivity index (χ0) is 14.0. The number of benzene rings is 1. The summed E-state index contributed by atoms with van der Waals surface area (Å²) in [5.41, 5.74) is 9.20. The quantitative estimate of drug-likeness (QED) is 0.927. The van der Waals surface area contributed by atoms with Crippen LogP contribution < -0.4 is 10.5 Å². The van der Waals surface area contributed by atoms with E-state index in [1.54, 1.807) is 11.3 Å². The van der Waals surface area contributed by atoms with Gasteiger partial charge in [0.1, 0.15) is 17.4 Å². The molecule has 1 aromatic carbocycles. The topological polar surface area (TPSA) is 48.1 Å². The van der Waals surface area contributed by atoms with Crippen molar-refractivity contribution in [1.82, 2.24) is 4.98 Å². The number of hydrogen-bond acceptors (Lipinski definition) is 4. The smallest absolute Gasteiger partial charge is 0.140 e. The Kier molecular flexibility index (Phi) is 4.22. The van der Waals surface area contributed by atoms with E-state index in [1.807, 2.05) is 32.9 Å². The standard InChI is InChI=1S/C15H20N2OS/c1-9-7-13(10(2)16)5-6-14(9)18-8-15-17-11(3)12(4)19-15/h5-7,10H,8,16H2,1-4H3/t10-/m0/s1. The molecule has 1 atom stereocenters. The van der Waals surface area contributed by atoms with Crippen LogP contribution in [-0.2, 0) is 6.61 Å². The molecule has 19 heavy (non-hydrogen) atoms. The molecular weight excluding hydrogens is 256 g/mol. The van der Waals surface area contributed by atoms with Gasteiger partial charge in [0, 0.05) is 10.9 Å². The maximum Gasteiger partial charge on any atom is 0.140 e. The van der Waals surface area contributed by atoms with E-state index in [-0.39, 0.29) is 6.04 Å². The summed E-state index contributed by atoms with van der Waals surface area (Å²) in [4.78, 5) is 5.73. The van der Waals surface area contributed by atoms with Crippen LogP contribution in [0.2, 0.25) is 0 Å². The zero-order valence-electron chi connectivity index (χ0n) is 11.9. The third kappa shape index (κ3) is 3.33. The third-order valence-corrected chi connectivity index (χ3v) is 4.20. The van der Waals surface area contributed by atoms with Gasteiger partial charge >= 0.3 is 0 Å². The van der Waals surface area contributed by atoms with Crippen LogP contribution in [0, 0.1) is 20.8 Å². The molecule has 1 heterocycles. The summed E-state index contributed by atoms with van der Waals surface area (Å²) in [6.07, 6.45) is 0. The van der Waals surface area contributed by atoms with Gasteiger partial charge in [-0.25, -0.2) is 4.98 Å². The summed E-state index contributed by atoms with van der Waals surface area (Å²) in [5, 5.41) is 1.02. The molecule has 3 nitrogen and oxygen atoms in total. The molecule has 102 valence electrons. The number of aryl methyl sites for hydroxylation is 3. The first-order valence-corrected chi connectivity index (χ1v) is 7.21. The molecule has 0 aliphatic heterocycles. The van der Waals surface area contributed by atoms with Crippen LogP contribution in [0.4, 0.5) is 0 Å². The Labute approximate surface area is 118 Å². The Balaban J connectivity index is 2.07. The Morgan fingerprint density at radius 3 is 2.58 bits per heavy atom. The highest BCUT2D eigenvalue weighted by Gasteiger charge is 2.07. The minimum Gasteiger partial charge on any atom is -0.486 e. The predicted molar refractivity (Wildman–Crippen MR) is 79.7 cm³/mol. The normalized spacial score (nSPS) is 12.5. The van der Waals surface area contributed by atoms with Gasteiger partial charge in [-0.1, -0.05) is 12.1 Å². The monoisotopic (exact) mass is 276 g/mol. The predicted octanol–water partition coefficient (Wildman–Crippen LogP) is 3.67. The fourth-order valence-corrected chi connectivity index (χ4v) is 2.71. The van der Waals surface area contributed by atoms with Crippen molar-refractivity contribution in [3.63, 3.8) is 0 Å². The first-order chi connectivity index (χ1) is 8.97. The molecular formula is C15H20N2OS. The van der Waals surface area contributed by atoms with Gasteiger partial charge in [-0.3, -0.25) is 0 Å². The Hall–Kier alpha value is -1.39. The average Bonchev–Trinajstić information content (AvgIpc) is 2.67. The van der Waals surface area contributed by atoms with Crippen molar-refractivity contribution in [2.75, 3.05) is 0 Å². The first-order valence-electron chi connectivity index (χ1n) is 6.39. The molecule has 0 saturated heterocycles. The van der Waals surface area contributed by atoms with E-state index < -0.39 is 0 Å². The molecule has 0 bridgehead atoms. The Bertz CT molecular complexity index is 556. The van der Waals surface area contributed by atoms with Crippen molar-refractivity contribution in [2.45, 2.75) is 40.3 Å². The molecule has 1 aromatic heterocycles. The Morgan fingerprint density at radius 2 is 2.05 bits per heavy atom. The lowest BCUT2D eigenvalue weighted by Crippen LogP contribution is -2.05. The number of ether oxygens (including phenoxy) is 1. The number of thiazole rings is 1. The molecule has 2 rings (SSSR count). The number of rotatable bonds is 4. The van der Waals surface area contributed by atoms with Crippen molar-refractivity contribution in [3.8, 4) is 5.75 Å². The Morgan fingerprint density at radius 1 is 1.32 bits per heavy atom.